The van der Waals surface area contributed by atoms with E-state index in [0.29, 0.717) is 17.8 Å². The molecule has 180 valence electrons. The van der Waals surface area contributed by atoms with Crippen molar-refractivity contribution in [3.05, 3.63) is 42.0 Å². The standard InChI is InChI=1S/C24H29N5O4S/c1-15(2)29-16(3)22(30)27(4)19-9-10-20(26-21(19)29)25-18-7-5-17(6-8-18)23(31)28-13-24(14-28)11-12-34(24,32)33/h5-10,15-16H,11-14H2,1-4H3,(H,25,26)/t16-/m1/s1. The van der Waals surface area contributed by atoms with Crippen LogP contribution in [-0.2, 0) is 14.6 Å². The zero-order chi connectivity index (χ0) is 24.4. The predicted molar refractivity (Wildman–Crippen MR) is 131 cm³/mol. The Morgan fingerprint density at radius 2 is 1.82 bits per heavy atom. The number of nitrogens with one attached hydrogen (secondary N) is 1. The number of pyridine rings is 1. The SMILES string of the molecule is CC(C)N1c2nc(Nc3ccc(C(=O)N4CC5(CCS5(=O)=O)C4)cc3)ccc2N(C)C(=O)[C@H]1C. The van der Waals surface area contributed by atoms with Crippen LogP contribution in [-0.4, -0.2) is 72.8 Å². The fourth-order valence-electron chi connectivity index (χ4n) is 5.09. The molecular weight excluding hydrogens is 454 g/mol. The highest BCUT2D eigenvalue weighted by molar-refractivity contribution is 7.94. The average molecular weight is 484 g/mol. The Labute approximate surface area is 199 Å². The third-order valence-corrected chi connectivity index (χ3v) is 9.78. The summed E-state index contributed by atoms with van der Waals surface area (Å²) in [6, 6.07) is 10.6. The van der Waals surface area contributed by atoms with E-state index in [4.69, 9.17) is 4.98 Å². The van der Waals surface area contributed by atoms with Crippen molar-refractivity contribution in [3.63, 3.8) is 0 Å². The molecule has 0 saturated carbocycles. The lowest BCUT2D eigenvalue weighted by atomic mass is 9.93. The normalized spacial score (nSPS) is 22.3. The fourth-order valence-corrected chi connectivity index (χ4v) is 6.91. The zero-order valence-corrected chi connectivity index (χ0v) is 20.6. The number of likely N-dealkylation sites (N-methyl/N-ethyl adjacent to an activating group) is 1. The van der Waals surface area contributed by atoms with Crippen LogP contribution in [0.1, 0.15) is 37.6 Å². The van der Waals surface area contributed by atoms with Crippen LogP contribution in [0.2, 0.25) is 0 Å². The van der Waals surface area contributed by atoms with Crippen molar-refractivity contribution < 1.29 is 18.0 Å². The first kappa shape index (κ1) is 22.6. The molecule has 3 aliphatic rings. The number of benzene rings is 1. The Bertz CT molecular complexity index is 1270. The van der Waals surface area contributed by atoms with Gasteiger partial charge in [-0.2, -0.15) is 0 Å². The molecule has 1 aromatic carbocycles. The monoisotopic (exact) mass is 483 g/mol. The van der Waals surface area contributed by atoms with Crippen molar-refractivity contribution in [2.24, 2.45) is 0 Å². The van der Waals surface area contributed by atoms with Gasteiger partial charge in [0.2, 0.25) is 5.91 Å². The van der Waals surface area contributed by atoms with Crippen LogP contribution in [0.4, 0.5) is 23.0 Å². The van der Waals surface area contributed by atoms with Crippen molar-refractivity contribution in [1.29, 1.82) is 0 Å². The van der Waals surface area contributed by atoms with E-state index in [0.717, 1.165) is 17.2 Å². The Kier molecular flexibility index (Phi) is 5.12. The van der Waals surface area contributed by atoms with Crippen LogP contribution in [0.5, 0.6) is 0 Å². The molecule has 1 N–H and O–H groups in total. The summed E-state index contributed by atoms with van der Waals surface area (Å²) in [5.74, 6) is 1.50. The van der Waals surface area contributed by atoms with Gasteiger partial charge in [-0.15, -0.1) is 0 Å². The Balaban J connectivity index is 1.30. The Hall–Kier alpha value is -3.14. The maximum atomic E-state index is 12.7. The van der Waals surface area contributed by atoms with Gasteiger partial charge in [-0.3, -0.25) is 9.59 Å². The molecule has 2 amide bonds. The van der Waals surface area contributed by atoms with Gasteiger partial charge in [0.15, 0.2) is 15.7 Å². The highest BCUT2D eigenvalue weighted by Crippen LogP contribution is 2.42. The van der Waals surface area contributed by atoms with Gasteiger partial charge < -0.3 is 20.0 Å². The number of amides is 2. The lowest BCUT2D eigenvalue weighted by Gasteiger charge is -2.54. The number of carbonyl (C=O) groups is 2. The second kappa shape index (κ2) is 7.69. The number of fused-ring (bicyclic) bond motifs is 1. The number of hydrogen-bond acceptors (Lipinski definition) is 7. The second-order valence-corrected chi connectivity index (χ2v) is 12.2. The number of aromatic nitrogens is 1. The first-order valence-electron chi connectivity index (χ1n) is 11.5. The summed E-state index contributed by atoms with van der Waals surface area (Å²) in [6.07, 6.45) is 0.646. The highest BCUT2D eigenvalue weighted by atomic mass is 32.2. The Morgan fingerprint density at radius 1 is 1.15 bits per heavy atom. The number of anilines is 4. The largest absolute Gasteiger partial charge is 0.341 e. The molecule has 1 spiro atoms. The van der Waals surface area contributed by atoms with Crippen LogP contribution in [0.3, 0.4) is 0 Å². The molecule has 0 bridgehead atoms. The van der Waals surface area contributed by atoms with Gasteiger partial charge in [0.25, 0.3) is 5.91 Å². The summed E-state index contributed by atoms with van der Waals surface area (Å²) in [6.45, 7) is 6.54. The van der Waals surface area contributed by atoms with E-state index in [2.05, 4.69) is 5.32 Å². The number of sulfone groups is 1. The van der Waals surface area contributed by atoms with Gasteiger partial charge in [-0.1, -0.05) is 0 Å². The Morgan fingerprint density at radius 3 is 2.38 bits per heavy atom. The minimum Gasteiger partial charge on any atom is -0.341 e. The molecule has 3 aliphatic heterocycles. The molecule has 0 unspecified atom stereocenters. The predicted octanol–water partition coefficient (Wildman–Crippen LogP) is 2.42. The maximum absolute atomic E-state index is 12.7. The molecule has 2 saturated heterocycles. The van der Waals surface area contributed by atoms with Gasteiger partial charge in [-0.05, 0) is 63.6 Å². The van der Waals surface area contributed by atoms with Gasteiger partial charge in [0.1, 0.15) is 16.6 Å². The van der Waals surface area contributed by atoms with Gasteiger partial charge in [-0.25, -0.2) is 13.4 Å². The maximum Gasteiger partial charge on any atom is 0.253 e. The molecular formula is C24H29N5O4S. The average Bonchev–Trinajstić information content (AvgIpc) is 2.76. The van der Waals surface area contributed by atoms with E-state index in [-0.39, 0.29) is 42.7 Å². The molecule has 34 heavy (non-hydrogen) atoms. The van der Waals surface area contributed by atoms with E-state index in [1.165, 1.54) is 0 Å². The molecule has 2 fully saturated rings. The van der Waals surface area contributed by atoms with Crippen molar-refractivity contribution in [1.82, 2.24) is 9.88 Å². The van der Waals surface area contributed by atoms with Crippen molar-refractivity contribution in [2.75, 3.05) is 41.0 Å². The third kappa shape index (κ3) is 3.34. The van der Waals surface area contributed by atoms with Crippen LogP contribution in [0, 0.1) is 0 Å². The topological polar surface area (TPSA) is 103 Å². The third-order valence-electron chi connectivity index (χ3n) is 7.26. The van der Waals surface area contributed by atoms with Gasteiger partial charge >= 0.3 is 0 Å². The first-order valence-corrected chi connectivity index (χ1v) is 13.1. The fraction of sp³-hybridized carbons (Fsp3) is 0.458. The van der Waals surface area contributed by atoms with Crippen LogP contribution in [0.25, 0.3) is 0 Å². The van der Waals surface area contributed by atoms with Crippen LogP contribution < -0.4 is 15.1 Å². The van der Waals surface area contributed by atoms with Crippen LogP contribution in [0.15, 0.2) is 36.4 Å². The van der Waals surface area contributed by atoms with E-state index in [1.54, 1.807) is 29.0 Å². The number of rotatable bonds is 4. The summed E-state index contributed by atoms with van der Waals surface area (Å²) >= 11 is 0. The molecule has 0 radical (unpaired) electrons. The second-order valence-electron chi connectivity index (χ2n) is 9.73. The number of likely N-dealkylation sites (tertiary alicyclic amines) is 1. The zero-order valence-electron chi connectivity index (χ0n) is 19.8. The molecule has 1 aromatic heterocycles. The molecule has 1 atom stereocenters. The first-order chi connectivity index (χ1) is 16.0. The van der Waals surface area contributed by atoms with Crippen molar-refractivity contribution >= 4 is 44.7 Å². The quantitative estimate of drug-likeness (QED) is 0.712. The molecule has 5 rings (SSSR count). The summed E-state index contributed by atoms with van der Waals surface area (Å²) in [5.41, 5.74) is 2.06. The summed E-state index contributed by atoms with van der Waals surface area (Å²) < 4.78 is 23.2. The minimum atomic E-state index is -3.04. The smallest absolute Gasteiger partial charge is 0.253 e. The lowest BCUT2D eigenvalue weighted by molar-refractivity contribution is -0.119. The van der Waals surface area contributed by atoms with Crippen molar-refractivity contribution in [3.8, 4) is 0 Å². The lowest BCUT2D eigenvalue weighted by Crippen LogP contribution is -2.72. The number of nitrogens with zero attached hydrogens (tertiary/aromatic N) is 4. The van der Waals surface area contributed by atoms with Gasteiger partial charge in [0, 0.05) is 37.4 Å². The van der Waals surface area contributed by atoms with E-state index >= 15 is 0 Å². The minimum absolute atomic E-state index is 0.0343. The molecule has 2 aromatic rings. The van der Waals surface area contributed by atoms with Gasteiger partial charge in [0.05, 0.1) is 11.4 Å². The molecule has 10 heteroatoms. The van der Waals surface area contributed by atoms with Crippen molar-refractivity contribution in [2.45, 2.75) is 44.0 Å². The van der Waals surface area contributed by atoms with E-state index < -0.39 is 14.6 Å². The summed E-state index contributed by atoms with van der Waals surface area (Å²) in [5, 5.41) is 3.27. The number of carbonyl (C=O) groups excluding carboxylic acids is 2. The molecule has 4 heterocycles. The van der Waals surface area contributed by atoms with E-state index in [1.807, 2.05) is 49.9 Å². The van der Waals surface area contributed by atoms with Crippen LogP contribution >= 0.6 is 0 Å². The number of hydrogen-bond donors (Lipinski definition) is 1. The highest BCUT2D eigenvalue weighted by Gasteiger charge is 2.60. The molecule has 0 aliphatic carbocycles. The van der Waals surface area contributed by atoms with E-state index in [9.17, 15) is 18.0 Å². The summed E-state index contributed by atoms with van der Waals surface area (Å²) in [7, 11) is -1.27. The summed E-state index contributed by atoms with van der Waals surface area (Å²) in [4.78, 5) is 35.4. The molecule has 9 nitrogen and oxygen atoms in total.